The summed E-state index contributed by atoms with van der Waals surface area (Å²) >= 11 is 1.59. The van der Waals surface area contributed by atoms with Crippen molar-refractivity contribution < 1.29 is 14.3 Å². The standard InChI is InChI=1S/C32H40N4O3S/c1-23-9-6-10-25(21-23)35-17-16-34(22-24(35)2)15-8-14-33-31(37)29-26-11-4-5-12-27(26)32(38)36(18-19-39-3)30(29)28-13-7-20-40-28/h4-7,9-13,20-21,24,29-30H,8,14-19,22H2,1-3H3,(H,33,37). The van der Waals surface area contributed by atoms with Crippen LogP contribution in [0, 0.1) is 6.92 Å². The number of carbonyl (C=O) groups excluding carboxylic acids is 2. The van der Waals surface area contributed by atoms with Crippen molar-refractivity contribution in [2.45, 2.75) is 38.3 Å². The number of nitrogens with one attached hydrogen (secondary N) is 1. The summed E-state index contributed by atoms with van der Waals surface area (Å²) in [6.45, 7) is 9.86. The van der Waals surface area contributed by atoms with Crippen molar-refractivity contribution in [1.29, 1.82) is 0 Å². The zero-order valence-electron chi connectivity index (χ0n) is 23.7. The van der Waals surface area contributed by atoms with Crippen LogP contribution in [0.15, 0.2) is 66.0 Å². The zero-order chi connectivity index (χ0) is 28.1. The molecule has 3 aromatic rings. The number of ether oxygens (including phenoxy) is 1. The maximum absolute atomic E-state index is 13.8. The maximum atomic E-state index is 13.8. The molecule has 1 fully saturated rings. The smallest absolute Gasteiger partial charge is 0.254 e. The summed E-state index contributed by atoms with van der Waals surface area (Å²) in [5.74, 6) is -0.547. The van der Waals surface area contributed by atoms with Gasteiger partial charge in [-0.05, 0) is 67.6 Å². The Morgan fingerprint density at radius 3 is 2.67 bits per heavy atom. The molecule has 0 bridgehead atoms. The molecule has 0 aliphatic carbocycles. The summed E-state index contributed by atoms with van der Waals surface area (Å²) in [7, 11) is 1.63. The fourth-order valence-corrected chi connectivity index (χ4v) is 7.01. The van der Waals surface area contributed by atoms with Crippen LogP contribution in [0.25, 0.3) is 0 Å². The molecule has 3 atom stereocenters. The van der Waals surface area contributed by atoms with Gasteiger partial charge in [-0.2, -0.15) is 0 Å². The average Bonchev–Trinajstić information content (AvgIpc) is 3.49. The molecule has 1 N–H and O–H groups in total. The third kappa shape index (κ3) is 6.09. The Morgan fingerprint density at radius 2 is 1.93 bits per heavy atom. The summed E-state index contributed by atoms with van der Waals surface area (Å²) < 4.78 is 5.33. The number of methoxy groups -OCH3 is 1. The average molecular weight is 561 g/mol. The van der Waals surface area contributed by atoms with Crippen LogP contribution in [-0.4, -0.2) is 80.6 Å². The van der Waals surface area contributed by atoms with Gasteiger partial charge in [0.2, 0.25) is 5.91 Å². The van der Waals surface area contributed by atoms with Crippen molar-refractivity contribution in [3.8, 4) is 0 Å². The second-order valence-corrected chi connectivity index (χ2v) is 11.8. The van der Waals surface area contributed by atoms with E-state index in [0.29, 0.717) is 31.3 Å². The highest BCUT2D eigenvalue weighted by atomic mass is 32.1. The van der Waals surface area contributed by atoms with E-state index in [9.17, 15) is 9.59 Å². The first kappa shape index (κ1) is 28.3. The molecular weight excluding hydrogens is 520 g/mol. The van der Waals surface area contributed by atoms with Crippen LogP contribution in [0.5, 0.6) is 0 Å². The number of amides is 2. The molecule has 3 heterocycles. The van der Waals surface area contributed by atoms with E-state index in [2.05, 4.69) is 53.2 Å². The van der Waals surface area contributed by atoms with Crippen molar-refractivity contribution in [2.75, 3.05) is 57.9 Å². The lowest BCUT2D eigenvalue weighted by Crippen LogP contribution is -2.52. The number of aryl methyl sites for hydroxylation is 1. The van der Waals surface area contributed by atoms with Gasteiger partial charge >= 0.3 is 0 Å². The number of piperazine rings is 1. The first-order chi connectivity index (χ1) is 19.5. The molecule has 2 aromatic carbocycles. The molecule has 212 valence electrons. The Balaban J connectivity index is 1.22. The summed E-state index contributed by atoms with van der Waals surface area (Å²) in [6.07, 6.45) is 0.882. The Kier molecular flexibility index (Phi) is 9.19. The van der Waals surface area contributed by atoms with Gasteiger partial charge in [-0.3, -0.25) is 14.5 Å². The summed E-state index contributed by atoms with van der Waals surface area (Å²) in [5.41, 5.74) is 3.99. The molecule has 0 saturated carbocycles. The Hall–Kier alpha value is -3.20. The fraction of sp³-hybridized carbons (Fsp3) is 0.438. The molecule has 0 spiro atoms. The van der Waals surface area contributed by atoms with Crippen LogP contribution < -0.4 is 10.2 Å². The van der Waals surface area contributed by atoms with Gasteiger partial charge in [-0.15, -0.1) is 11.3 Å². The lowest BCUT2D eigenvalue weighted by Gasteiger charge is -2.41. The number of benzene rings is 2. The molecular formula is C32H40N4O3S. The topological polar surface area (TPSA) is 65.1 Å². The van der Waals surface area contributed by atoms with Crippen LogP contribution in [0.2, 0.25) is 0 Å². The molecule has 7 nitrogen and oxygen atoms in total. The Bertz CT molecular complexity index is 1300. The molecule has 2 amide bonds. The van der Waals surface area contributed by atoms with Gasteiger partial charge in [0, 0.05) is 62.0 Å². The van der Waals surface area contributed by atoms with E-state index in [1.165, 1.54) is 11.3 Å². The second kappa shape index (κ2) is 13.0. The number of hydrogen-bond acceptors (Lipinski definition) is 6. The zero-order valence-corrected chi connectivity index (χ0v) is 24.5. The van der Waals surface area contributed by atoms with Gasteiger partial charge in [0.15, 0.2) is 0 Å². The van der Waals surface area contributed by atoms with Gasteiger partial charge < -0.3 is 19.9 Å². The highest BCUT2D eigenvalue weighted by Gasteiger charge is 2.44. The minimum atomic E-state index is -0.470. The Labute approximate surface area is 241 Å². The molecule has 2 aliphatic rings. The molecule has 2 aliphatic heterocycles. The normalized spacial score (nSPS) is 21.4. The lowest BCUT2D eigenvalue weighted by molar-refractivity contribution is -0.124. The van der Waals surface area contributed by atoms with E-state index in [0.717, 1.165) is 43.0 Å². The minimum Gasteiger partial charge on any atom is -0.383 e. The summed E-state index contributed by atoms with van der Waals surface area (Å²) in [6, 6.07) is 20.4. The van der Waals surface area contributed by atoms with Gasteiger partial charge in [0.25, 0.3) is 5.91 Å². The number of thiophene rings is 1. The first-order valence-electron chi connectivity index (χ1n) is 14.2. The second-order valence-electron chi connectivity index (χ2n) is 10.8. The van der Waals surface area contributed by atoms with Crippen LogP contribution in [0.4, 0.5) is 5.69 Å². The van der Waals surface area contributed by atoms with Gasteiger partial charge in [0.05, 0.1) is 18.6 Å². The van der Waals surface area contributed by atoms with Crippen LogP contribution >= 0.6 is 11.3 Å². The maximum Gasteiger partial charge on any atom is 0.254 e. The van der Waals surface area contributed by atoms with Crippen LogP contribution in [-0.2, 0) is 9.53 Å². The van der Waals surface area contributed by atoms with Crippen molar-refractivity contribution in [1.82, 2.24) is 15.1 Å². The van der Waals surface area contributed by atoms with Crippen LogP contribution in [0.1, 0.15) is 51.7 Å². The van der Waals surface area contributed by atoms with E-state index >= 15 is 0 Å². The van der Waals surface area contributed by atoms with Gasteiger partial charge in [-0.1, -0.05) is 36.4 Å². The molecule has 0 radical (unpaired) electrons. The van der Waals surface area contributed by atoms with Crippen molar-refractivity contribution in [3.63, 3.8) is 0 Å². The predicted molar refractivity (Wildman–Crippen MR) is 161 cm³/mol. The highest BCUT2D eigenvalue weighted by Crippen LogP contribution is 2.44. The number of fused-ring (bicyclic) bond motifs is 1. The summed E-state index contributed by atoms with van der Waals surface area (Å²) in [4.78, 5) is 35.2. The number of rotatable bonds is 10. The van der Waals surface area contributed by atoms with Gasteiger partial charge in [-0.25, -0.2) is 0 Å². The monoisotopic (exact) mass is 560 g/mol. The predicted octanol–water partition coefficient (Wildman–Crippen LogP) is 4.70. The number of hydrogen-bond donors (Lipinski definition) is 1. The fourth-order valence-electron chi connectivity index (χ4n) is 6.14. The largest absolute Gasteiger partial charge is 0.383 e. The van der Waals surface area contributed by atoms with Crippen LogP contribution in [0.3, 0.4) is 0 Å². The number of carbonyl (C=O) groups is 2. The molecule has 1 aromatic heterocycles. The van der Waals surface area contributed by atoms with Gasteiger partial charge in [0.1, 0.15) is 0 Å². The molecule has 5 rings (SSSR count). The molecule has 40 heavy (non-hydrogen) atoms. The lowest BCUT2D eigenvalue weighted by atomic mass is 9.81. The van der Waals surface area contributed by atoms with E-state index < -0.39 is 5.92 Å². The third-order valence-corrected chi connectivity index (χ3v) is 9.03. The Morgan fingerprint density at radius 1 is 1.07 bits per heavy atom. The van der Waals surface area contributed by atoms with E-state index in [1.807, 2.05) is 46.7 Å². The molecule has 1 saturated heterocycles. The van der Waals surface area contributed by atoms with Crippen molar-refractivity contribution in [2.24, 2.45) is 0 Å². The third-order valence-electron chi connectivity index (χ3n) is 8.09. The highest BCUT2D eigenvalue weighted by molar-refractivity contribution is 7.10. The quantitative estimate of drug-likeness (QED) is 0.364. The number of nitrogens with zero attached hydrogens (tertiary/aromatic N) is 3. The SMILES string of the molecule is COCCN1C(=O)c2ccccc2C(C(=O)NCCCN2CCN(c3cccc(C)c3)C(C)C2)C1c1cccs1. The summed E-state index contributed by atoms with van der Waals surface area (Å²) in [5, 5.41) is 5.23. The molecule has 3 unspecified atom stereocenters. The number of anilines is 1. The van der Waals surface area contributed by atoms with E-state index in [4.69, 9.17) is 4.74 Å². The molecule has 8 heteroatoms. The van der Waals surface area contributed by atoms with E-state index in [1.54, 1.807) is 18.4 Å². The minimum absolute atomic E-state index is 0.0293. The van der Waals surface area contributed by atoms with Crippen molar-refractivity contribution in [3.05, 3.63) is 87.6 Å². The van der Waals surface area contributed by atoms with Crippen molar-refractivity contribution >= 4 is 28.8 Å². The van der Waals surface area contributed by atoms with E-state index in [-0.39, 0.29) is 17.9 Å². The first-order valence-corrected chi connectivity index (χ1v) is 15.1.